The van der Waals surface area contributed by atoms with Crippen LogP contribution in [0, 0.1) is 12.8 Å². The Morgan fingerprint density at radius 1 is 1.38 bits per heavy atom. The van der Waals surface area contributed by atoms with Crippen LogP contribution >= 0.6 is 23.1 Å². The Labute approximate surface area is 162 Å². The van der Waals surface area contributed by atoms with Crippen LogP contribution in [0.15, 0.2) is 35.2 Å². The molecule has 136 valence electrons. The lowest BCUT2D eigenvalue weighted by molar-refractivity contribution is 0.0939. The van der Waals surface area contributed by atoms with E-state index in [1.807, 2.05) is 35.5 Å². The number of thiophene rings is 1. The number of carbonyl (C=O) groups is 1. The zero-order valence-electron chi connectivity index (χ0n) is 15.3. The zero-order chi connectivity index (χ0) is 18.3. The molecule has 26 heavy (non-hydrogen) atoms. The standard InChI is InChI=1S/C20H23N3OS2/c1-12(2)11-23-20-15(13(3)22-23)10-18(26-20)19(24)21-16-8-9-25-17-7-5-4-6-14(16)17/h4-7,10,12,16H,8-9,11H2,1-3H3,(H,21,24)/t16-/m0/s1. The molecule has 0 fully saturated rings. The van der Waals surface area contributed by atoms with Gasteiger partial charge in [-0.15, -0.1) is 23.1 Å². The number of aryl methyl sites for hydroxylation is 1. The first-order valence-electron chi connectivity index (χ1n) is 9.02. The van der Waals surface area contributed by atoms with Gasteiger partial charge in [0, 0.05) is 22.6 Å². The summed E-state index contributed by atoms with van der Waals surface area (Å²) in [4.78, 5) is 16.0. The molecule has 0 unspecified atom stereocenters. The Morgan fingerprint density at radius 3 is 3.00 bits per heavy atom. The molecule has 4 nitrogen and oxygen atoms in total. The normalized spacial score (nSPS) is 16.8. The fourth-order valence-electron chi connectivity index (χ4n) is 3.42. The fraction of sp³-hybridized carbons (Fsp3) is 0.400. The fourth-order valence-corrected chi connectivity index (χ4v) is 5.61. The lowest BCUT2D eigenvalue weighted by Crippen LogP contribution is -2.30. The van der Waals surface area contributed by atoms with Gasteiger partial charge in [-0.1, -0.05) is 32.0 Å². The molecule has 1 amide bonds. The molecule has 1 aliphatic rings. The minimum absolute atomic E-state index is 0.0217. The summed E-state index contributed by atoms with van der Waals surface area (Å²) in [5.74, 6) is 1.58. The second-order valence-electron chi connectivity index (χ2n) is 7.19. The number of amides is 1. The quantitative estimate of drug-likeness (QED) is 0.685. The van der Waals surface area contributed by atoms with Crippen LogP contribution in [-0.4, -0.2) is 21.4 Å². The van der Waals surface area contributed by atoms with Gasteiger partial charge in [-0.05, 0) is 37.0 Å². The van der Waals surface area contributed by atoms with Crippen LogP contribution in [-0.2, 0) is 6.54 Å². The summed E-state index contributed by atoms with van der Waals surface area (Å²) in [5, 5.41) is 8.98. The van der Waals surface area contributed by atoms with E-state index < -0.39 is 0 Å². The van der Waals surface area contributed by atoms with Crippen LogP contribution in [0.25, 0.3) is 10.2 Å². The van der Waals surface area contributed by atoms with Crippen molar-refractivity contribution in [3.05, 3.63) is 46.5 Å². The molecular weight excluding hydrogens is 362 g/mol. The summed E-state index contributed by atoms with van der Waals surface area (Å²) in [7, 11) is 0. The van der Waals surface area contributed by atoms with E-state index in [0.29, 0.717) is 5.92 Å². The second-order valence-corrected chi connectivity index (χ2v) is 9.36. The predicted molar refractivity (Wildman–Crippen MR) is 109 cm³/mol. The number of aromatic nitrogens is 2. The highest BCUT2D eigenvalue weighted by molar-refractivity contribution is 7.99. The van der Waals surface area contributed by atoms with Gasteiger partial charge < -0.3 is 5.32 Å². The molecule has 0 bridgehead atoms. The Morgan fingerprint density at radius 2 is 2.19 bits per heavy atom. The average Bonchev–Trinajstić information content (AvgIpc) is 3.17. The van der Waals surface area contributed by atoms with Gasteiger partial charge in [-0.25, -0.2) is 0 Å². The van der Waals surface area contributed by atoms with Crippen molar-refractivity contribution in [2.24, 2.45) is 5.92 Å². The van der Waals surface area contributed by atoms with Crippen LogP contribution in [0.2, 0.25) is 0 Å². The zero-order valence-corrected chi connectivity index (χ0v) is 16.9. The van der Waals surface area contributed by atoms with E-state index in [1.165, 1.54) is 10.5 Å². The maximum absolute atomic E-state index is 12.9. The molecule has 1 aromatic carbocycles. The number of nitrogens with zero attached hydrogens (tertiary/aromatic N) is 2. The van der Waals surface area contributed by atoms with Crippen LogP contribution in [0.5, 0.6) is 0 Å². The van der Waals surface area contributed by atoms with Gasteiger partial charge in [0.1, 0.15) is 4.83 Å². The third-order valence-corrected chi connectivity index (χ3v) is 6.90. The van der Waals surface area contributed by atoms with E-state index in [4.69, 9.17) is 0 Å². The van der Waals surface area contributed by atoms with Crippen molar-refractivity contribution >= 4 is 39.2 Å². The molecule has 1 atom stereocenters. The number of hydrogen-bond donors (Lipinski definition) is 1. The largest absolute Gasteiger partial charge is 0.344 e. The molecule has 6 heteroatoms. The van der Waals surface area contributed by atoms with Gasteiger partial charge in [-0.3, -0.25) is 9.48 Å². The smallest absolute Gasteiger partial charge is 0.261 e. The average molecular weight is 386 g/mol. The van der Waals surface area contributed by atoms with Crippen molar-refractivity contribution in [3.63, 3.8) is 0 Å². The van der Waals surface area contributed by atoms with Crippen molar-refractivity contribution < 1.29 is 4.79 Å². The van der Waals surface area contributed by atoms with Crippen molar-refractivity contribution in [3.8, 4) is 0 Å². The third kappa shape index (κ3) is 3.28. The van der Waals surface area contributed by atoms with Crippen molar-refractivity contribution in [2.45, 2.75) is 44.7 Å². The Hall–Kier alpha value is -1.79. The van der Waals surface area contributed by atoms with Crippen LogP contribution in [0.4, 0.5) is 0 Å². The Bertz CT molecular complexity index is 957. The predicted octanol–water partition coefficient (Wildman–Crippen LogP) is 5.03. The van der Waals surface area contributed by atoms with Crippen molar-refractivity contribution in [1.82, 2.24) is 15.1 Å². The number of carbonyl (C=O) groups excluding carboxylic acids is 1. The number of fused-ring (bicyclic) bond motifs is 2. The third-order valence-electron chi connectivity index (χ3n) is 4.63. The SMILES string of the molecule is Cc1nn(CC(C)C)c2sc(C(=O)N[C@H]3CCSc4ccccc43)cc12. The minimum Gasteiger partial charge on any atom is -0.344 e. The summed E-state index contributed by atoms with van der Waals surface area (Å²) in [5.41, 5.74) is 2.23. The molecule has 0 radical (unpaired) electrons. The summed E-state index contributed by atoms with van der Waals surface area (Å²) in [6, 6.07) is 10.5. The van der Waals surface area contributed by atoms with Gasteiger partial charge in [0.2, 0.25) is 0 Å². The first kappa shape index (κ1) is 17.6. The Balaban J connectivity index is 1.59. The maximum Gasteiger partial charge on any atom is 0.261 e. The minimum atomic E-state index is 0.0217. The monoisotopic (exact) mass is 385 g/mol. The van der Waals surface area contributed by atoms with Crippen molar-refractivity contribution in [2.75, 3.05) is 5.75 Å². The molecule has 3 aromatic rings. The topological polar surface area (TPSA) is 46.9 Å². The van der Waals surface area contributed by atoms with E-state index in [9.17, 15) is 4.79 Å². The number of rotatable bonds is 4. The molecule has 0 saturated heterocycles. The lowest BCUT2D eigenvalue weighted by Gasteiger charge is -2.25. The maximum atomic E-state index is 12.9. The molecular formula is C20H23N3OS2. The molecule has 0 aliphatic carbocycles. The van der Waals surface area contributed by atoms with Gasteiger partial charge in [0.25, 0.3) is 5.91 Å². The molecule has 3 heterocycles. The molecule has 4 rings (SSSR count). The highest BCUT2D eigenvalue weighted by atomic mass is 32.2. The van der Waals surface area contributed by atoms with E-state index in [1.54, 1.807) is 11.3 Å². The van der Waals surface area contributed by atoms with Crippen molar-refractivity contribution in [1.29, 1.82) is 0 Å². The molecule has 0 spiro atoms. The van der Waals surface area contributed by atoms with Gasteiger partial charge in [-0.2, -0.15) is 5.10 Å². The molecule has 2 aromatic heterocycles. The van der Waals surface area contributed by atoms with E-state index in [0.717, 1.165) is 39.5 Å². The summed E-state index contributed by atoms with van der Waals surface area (Å²) < 4.78 is 2.04. The van der Waals surface area contributed by atoms with E-state index in [-0.39, 0.29) is 11.9 Å². The number of nitrogens with one attached hydrogen (secondary N) is 1. The molecule has 1 N–H and O–H groups in total. The van der Waals surface area contributed by atoms with Gasteiger partial charge >= 0.3 is 0 Å². The lowest BCUT2D eigenvalue weighted by atomic mass is 10.0. The van der Waals surface area contributed by atoms with Crippen LogP contribution in [0.3, 0.4) is 0 Å². The van der Waals surface area contributed by atoms with E-state index in [2.05, 4.69) is 42.5 Å². The highest BCUT2D eigenvalue weighted by Gasteiger charge is 2.24. The highest BCUT2D eigenvalue weighted by Crippen LogP contribution is 2.36. The first-order chi connectivity index (χ1) is 12.5. The molecule has 1 aliphatic heterocycles. The number of benzene rings is 1. The molecule has 0 saturated carbocycles. The summed E-state index contributed by atoms with van der Waals surface area (Å²) in [6.45, 7) is 7.26. The van der Waals surface area contributed by atoms with Crippen LogP contribution in [0.1, 0.15) is 47.2 Å². The number of hydrogen-bond acceptors (Lipinski definition) is 4. The van der Waals surface area contributed by atoms with Gasteiger partial charge in [0.15, 0.2) is 0 Å². The first-order valence-corrected chi connectivity index (χ1v) is 10.8. The Kier molecular flexibility index (Phi) is 4.80. The summed E-state index contributed by atoms with van der Waals surface area (Å²) in [6.07, 6.45) is 0.971. The number of thioether (sulfide) groups is 1. The van der Waals surface area contributed by atoms with Gasteiger partial charge in [0.05, 0.1) is 16.6 Å². The van der Waals surface area contributed by atoms with E-state index >= 15 is 0 Å². The van der Waals surface area contributed by atoms with Crippen LogP contribution < -0.4 is 5.32 Å². The second kappa shape index (κ2) is 7.08. The summed E-state index contributed by atoms with van der Waals surface area (Å²) >= 11 is 3.42.